The van der Waals surface area contributed by atoms with Gasteiger partial charge in [-0.3, -0.25) is 0 Å². The Morgan fingerprint density at radius 2 is 1.64 bits per heavy atom. The molecule has 36 heavy (non-hydrogen) atoms. The third kappa shape index (κ3) is 4.51. The van der Waals surface area contributed by atoms with Crippen molar-refractivity contribution in [2.45, 2.75) is 101 Å². The maximum absolute atomic E-state index is 6.97. The van der Waals surface area contributed by atoms with E-state index in [0.717, 1.165) is 82.5 Å². The van der Waals surface area contributed by atoms with Crippen molar-refractivity contribution in [2.75, 3.05) is 26.4 Å². The van der Waals surface area contributed by atoms with Crippen LogP contribution in [0.2, 0.25) is 0 Å². The van der Waals surface area contributed by atoms with Crippen molar-refractivity contribution in [2.24, 2.45) is 23.7 Å². The van der Waals surface area contributed by atoms with E-state index in [1.807, 2.05) is 0 Å². The molecule has 2 heterocycles. The summed E-state index contributed by atoms with van der Waals surface area (Å²) >= 11 is 0. The first-order valence-corrected chi connectivity index (χ1v) is 14.8. The molecule has 7 aliphatic rings. The average Bonchev–Trinajstić information content (AvgIpc) is 3.27. The summed E-state index contributed by atoms with van der Waals surface area (Å²) in [6.45, 7) is 3.51. The van der Waals surface area contributed by atoms with E-state index in [0.29, 0.717) is 23.8 Å². The quantitative estimate of drug-likeness (QED) is 0.385. The van der Waals surface area contributed by atoms with Gasteiger partial charge in [-0.1, -0.05) is 12.1 Å². The predicted octanol–water partition coefficient (Wildman–Crippen LogP) is 5.71. The van der Waals surface area contributed by atoms with Gasteiger partial charge in [0.25, 0.3) is 0 Å². The van der Waals surface area contributed by atoms with Crippen molar-refractivity contribution in [3.8, 4) is 5.75 Å². The van der Waals surface area contributed by atoms with Crippen LogP contribution in [0.5, 0.6) is 5.75 Å². The van der Waals surface area contributed by atoms with E-state index >= 15 is 0 Å². The van der Waals surface area contributed by atoms with Crippen molar-refractivity contribution < 1.29 is 24.0 Å². The van der Waals surface area contributed by atoms with Crippen molar-refractivity contribution in [1.82, 2.24) is 5.32 Å². The lowest BCUT2D eigenvalue weighted by molar-refractivity contribution is -0.390. The molecule has 8 rings (SSSR count). The summed E-state index contributed by atoms with van der Waals surface area (Å²) < 4.78 is 18.4. The monoisotopic (exact) mass is 497 g/mol. The van der Waals surface area contributed by atoms with E-state index in [-0.39, 0.29) is 0 Å². The highest BCUT2D eigenvalue weighted by Crippen LogP contribution is 2.64. The molecule has 2 spiro atoms. The minimum absolute atomic E-state index is 0.437. The molecule has 6 heteroatoms. The van der Waals surface area contributed by atoms with Gasteiger partial charge in [0, 0.05) is 43.9 Å². The van der Waals surface area contributed by atoms with E-state index in [9.17, 15) is 0 Å². The fourth-order valence-corrected chi connectivity index (χ4v) is 8.57. The Labute approximate surface area is 215 Å². The highest BCUT2D eigenvalue weighted by molar-refractivity contribution is 5.30. The van der Waals surface area contributed by atoms with E-state index < -0.39 is 11.6 Å². The summed E-state index contributed by atoms with van der Waals surface area (Å²) in [4.78, 5) is 12.5. The average molecular weight is 498 g/mol. The Morgan fingerprint density at radius 3 is 2.39 bits per heavy atom. The molecule has 0 amide bonds. The van der Waals surface area contributed by atoms with Gasteiger partial charge in [0.1, 0.15) is 5.75 Å². The Kier molecular flexibility index (Phi) is 6.54. The topological polar surface area (TPSA) is 58.2 Å². The lowest BCUT2D eigenvalue weighted by Crippen LogP contribution is -2.59. The molecule has 5 saturated carbocycles. The first-order valence-electron chi connectivity index (χ1n) is 14.8. The standard InChI is InChI=1S/C30H43NO5/c1-3-24(23-4-6-28(7-5-23)33-12-2-11-31-27-8-13-32-14-9-27)20-29(10-1)34-30(36-35-29)25-16-21-15-22(18-25)19-26(30)17-21/h4-7,21-22,24-27,31H,1-3,8-20H2/t21?,22?,24?,25?,26?,29-,30?/m1/s1. The van der Waals surface area contributed by atoms with Crippen molar-refractivity contribution in [3.63, 3.8) is 0 Å². The Bertz CT molecular complexity index is 871. The number of rotatable bonds is 7. The molecule has 198 valence electrons. The summed E-state index contributed by atoms with van der Waals surface area (Å²) in [5, 5.41) is 3.63. The molecule has 6 nitrogen and oxygen atoms in total. The van der Waals surface area contributed by atoms with E-state index in [2.05, 4.69) is 29.6 Å². The fourth-order valence-electron chi connectivity index (χ4n) is 8.57. The van der Waals surface area contributed by atoms with Crippen LogP contribution in [0.3, 0.4) is 0 Å². The van der Waals surface area contributed by atoms with Crippen LogP contribution in [0.1, 0.15) is 88.5 Å². The highest BCUT2D eigenvalue weighted by Gasteiger charge is 2.67. The van der Waals surface area contributed by atoms with Crippen LogP contribution in [0.4, 0.5) is 0 Å². The maximum atomic E-state index is 6.97. The van der Waals surface area contributed by atoms with Gasteiger partial charge in [-0.05, 0) is 106 Å². The summed E-state index contributed by atoms with van der Waals surface area (Å²) in [5.74, 6) is 3.20. The number of nitrogens with one attached hydrogen (secondary N) is 1. The zero-order valence-corrected chi connectivity index (χ0v) is 21.6. The normalized spacial score (nSPS) is 41.9. The minimum atomic E-state index is -0.565. The highest BCUT2D eigenvalue weighted by atomic mass is 17.3. The molecule has 2 aliphatic heterocycles. The molecule has 4 bridgehead atoms. The van der Waals surface area contributed by atoms with Crippen LogP contribution in [-0.4, -0.2) is 44.0 Å². The Hall–Kier alpha value is -1.18. The van der Waals surface area contributed by atoms with Crippen molar-refractivity contribution in [1.29, 1.82) is 0 Å². The van der Waals surface area contributed by atoms with Gasteiger partial charge in [-0.15, -0.1) is 0 Å². The molecule has 0 radical (unpaired) electrons. The van der Waals surface area contributed by atoms with Crippen LogP contribution in [0, 0.1) is 23.7 Å². The second kappa shape index (κ2) is 9.85. The van der Waals surface area contributed by atoms with Crippen molar-refractivity contribution in [3.05, 3.63) is 29.8 Å². The number of ether oxygens (including phenoxy) is 3. The van der Waals surface area contributed by atoms with Gasteiger partial charge in [0.05, 0.1) is 6.61 Å². The molecule has 2 saturated heterocycles. The van der Waals surface area contributed by atoms with Crippen LogP contribution >= 0.6 is 0 Å². The third-order valence-corrected chi connectivity index (χ3v) is 10.2. The molecule has 1 unspecified atom stereocenters. The summed E-state index contributed by atoms with van der Waals surface area (Å²) in [6, 6.07) is 9.36. The zero-order valence-electron chi connectivity index (χ0n) is 21.6. The van der Waals surface area contributed by atoms with Crippen LogP contribution in [0.25, 0.3) is 0 Å². The van der Waals surface area contributed by atoms with Gasteiger partial charge in [0.15, 0.2) is 0 Å². The molecule has 5 aliphatic carbocycles. The number of hydrogen-bond acceptors (Lipinski definition) is 6. The second-order valence-corrected chi connectivity index (χ2v) is 12.6. The lowest BCUT2D eigenvalue weighted by atomic mass is 9.53. The number of hydrogen-bond donors (Lipinski definition) is 1. The van der Waals surface area contributed by atoms with Gasteiger partial charge >= 0.3 is 0 Å². The third-order valence-electron chi connectivity index (χ3n) is 10.2. The fraction of sp³-hybridized carbons (Fsp3) is 0.800. The molecule has 1 aromatic rings. The first kappa shape index (κ1) is 23.9. The van der Waals surface area contributed by atoms with E-state index in [1.54, 1.807) is 0 Å². The van der Waals surface area contributed by atoms with E-state index in [1.165, 1.54) is 44.1 Å². The summed E-state index contributed by atoms with van der Waals surface area (Å²) in [6.07, 6.45) is 13.9. The smallest absolute Gasteiger partial charge is 0.210 e. The van der Waals surface area contributed by atoms with Crippen LogP contribution < -0.4 is 10.1 Å². The van der Waals surface area contributed by atoms with E-state index in [4.69, 9.17) is 24.0 Å². The van der Waals surface area contributed by atoms with Crippen LogP contribution in [0.15, 0.2) is 24.3 Å². The predicted molar refractivity (Wildman–Crippen MR) is 135 cm³/mol. The van der Waals surface area contributed by atoms with Gasteiger partial charge in [-0.25, -0.2) is 0 Å². The molecule has 1 aromatic carbocycles. The maximum Gasteiger partial charge on any atom is 0.210 e. The lowest BCUT2D eigenvalue weighted by Gasteiger charge is -2.57. The largest absolute Gasteiger partial charge is 0.494 e. The molecule has 0 aromatic heterocycles. The SMILES string of the molecule is c1cc(C2CCC[C@]3(C2)OOC2(O3)C3CC4CC(C3)CC2C4)ccc1OCCCNC1CCOCC1. The van der Waals surface area contributed by atoms with Gasteiger partial charge in [-0.2, -0.15) is 9.78 Å². The Morgan fingerprint density at radius 1 is 0.889 bits per heavy atom. The molecular weight excluding hydrogens is 454 g/mol. The molecule has 1 N–H and O–H groups in total. The van der Waals surface area contributed by atoms with Crippen molar-refractivity contribution >= 4 is 0 Å². The Balaban J connectivity index is 0.922. The zero-order chi connectivity index (χ0) is 24.0. The first-order chi connectivity index (χ1) is 17.7. The van der Waals surface area contributed by atoms with Gasteiger partial charge < -0.3 is 19.5 Å². The van der Waals surface area contributed by atoms with Gasteiger partial charge in [0.2, 0.25) is 11.6 Å². The molecule has 2 atom stereocenters. The summed E-state index contributed by atoms with van der Waals surface area (Å²) in [5.41, 5.74) is 1.36. The van der Waals surface area contributed by atoms with Crippen LogP contribution in [-0.2, 0) is 19.2 Å². The molecular formula is C30H43NO5. The minimum Gasteiger partial charge on any atom is -0.494 e. The summed E-state index contributed by atoms with van der Waals surface area (Å²) in [7, 11) is 0. The second-order valence-electron chi connectivity index (χ2n) is 12.6. The molecule has 7 fully saturated rings. The number of benzene rings is 1.